The molecule has 10 heteroatoms. The van der Waals surface area contributed by atoms with Crippen molar-refractivity contribution in [3.05, 3.63) is 83.4 Å². The second-order valence-corrected chi connectivity index (χ2v) is 16.6. The van der Waals surface area contributed by atoms with Gasteiger partial charge in [0, 0.05) is 43.9 Å². The van der Waals surface area contributed by atoms with Crippen molar-refractivity contribution in [1.29, 1.82) is 0 Å². The van der Waals surface area contributed by atoms with Crippen LogP contribution in [-0.4, -0.2) is 68.4 Å². The Morgan fingerprint density at radius 2 is 1.36 bits per heavy atom. The Labute approximate surface area is 248 Å². The second kappa shape index (κ2) is 10.9. The molecule has 2 fully saturated rings. The molecule has 8 nitrogen and oxygen atoms in total. The van der Waals surface area contributed by atoms with Crippen LogP contribution in [0.2, 0.25) is 0 Å². The van der Waals surface area contributed by atoms with Crippen LogP contribution in [0, 0.1) is 5.41 Å². The van der Waals surface area contributed by atoms with Crippen LogP contribution in [0.5, 0.6) is 0 Å². The van der Waals surface area contributed by atoms with Gasteiger partial charge in [-0.2, -0.15) is 4.31 Å². The van der Waals surface area contributed by atoms with E-state index in [1.807, 2.05) is 18.2 Å². The van der Waals surface area contributed by atoms with E-state index < -0.39 is 25.1 Å². The summed E-state index contributed by atoms with van der Waals surface area (Å²) in [6, 6.07) is 19.9. The minimum atomic E-state index is -3.78. The van der Waals surface area contributed by atoms with Gasteiger partial charge >= 0.3 is 0 Å². The van der Waals surface area contributed by atoms with E-state index in [0.29, 0.717) is 55.7 Å². The van der Waals surface area contributed by atoms with Crippen LogP contribution in [0.1, 0.15) is 56.2 Å². The second-order valence-electron chi connectivity index (χ2n) is 12.4. The summed E-state index contributed by atoms with van der Waals surface area (Å²) in [6.07, 6.45) is 2.95. The fourth-order valence-corrected chi connectivity index (χ4v) is 9.72. The Kier molecular flexibility index (Phi) is 7.54. The van der Waals surface area contributed by atoms with E-state index in [-0.39, 0.29) is 20.9 Å². The molecule has 1 aliphatic heterocycles. The molecule has 0 bridgehead atoms. The summed E-state index contributed by atoms with van der Waals surface area (Å²) in [5, 5.41) is 13.1. The largest absolute Gasteiger partial charge is 0.410 e. The van der Waals surface area contributed by atoms with Crippen LogP contribution in [0.3, 0.4) is 0 Å². The summed E-state index contributed by atoms with van der Waals surface area (Å²) in [5.74, 6) is 0. The maximum Gasteiger partial charge on any atom is 0.243 e. The molecule has 1 saturated carbocycles. The SMILES string of the molecule is CC1(C)CCC(S(=O)(=O)c2ccc3c(c2)/C(=N/O)c2cc(S(=O)(=O)N4CCN(Cc5ccccc5)CC4)ccc2-3)CC1. The van der Waals surface area contributed by atoms with Crippen LogP contribution in [-0.2, 0) is 26.4 Å². The van der Waals surface area contributed by atoms with Crippen molar-refractivity contribution in [1.82, 2.24) is 9.21 Å². The molecule has 6 rings (SSSR count). The van der Waals surface area contributed by atoms with Crippen LogP contribution >= 0.6 is 0 Å². The van der Waals surface area contributed by atoms with Gasteiger partial charge in [-0.3, -0.25) is 4.90 Å². The van der Waals surface area contributed by atoms with Gasteiger partial charge in [-0.25, -0.2) is 16.8 Å². The lowest BCUT2D eigenvalue weighted by molar-refractivity contribution is 0.181. The van der Waals surface area contributed by atoms with E-state index in [1.165, 1.54) is 9.87 Å². The maximum absolute atomic E-state index is 13.7. The monoisotopic (exact) mass is 607 g/mol. The van der Waals surface area contributed by atoms with Gasteiger partial charge in [0.15, 0.2) is 9.84 Å². The van der Waals surface area contributed by atoms with Gasteiger partial charge in [0.1, 0.15) is 5.71 Å². The molecular formula is C32H37N3O5S2. The lowest BCUT2D eigenvalue weighted by atomic mass is 9.77. The third kappa shape index (κ3) is 5.30. The summed E-state index contributed by atoms with van der Waals surface area (Å²) in [7, 11) is -7.35. The van der Waals surface area contributed by atoms with E-state index in [9.17, 15) is 22.0 Å². The first kappa shape index (κ1) is 29.0. The zero-order valence-electron chi connectivity index (χ0n) is 24.0. The zero-order chi connectivity index (χ0) is 29.7. The number of fused-ring (bicyclic) bond motifs is 3. The smallest absolute Gasteiger partial charge is 0.243 e. The van der Waals surface area contributed by atoms with Crippen molar-refractivity contribution in [2.75, 3.05) is 26.2 Å². The summed E-state index contributed by atoms with van der Waals surface area (Å²) >= 11 is 0. The molecule has 3 aromatic carbocycles. The number of sulfonamides is 1. The van der Waals surface area contributed by atoms with Crippen molar-refractivity contribution < 1.29 is 22.0 Å². The quantitative estimate of drug-likeness (QED) is 0.240. The first-order valence-corrected chi connectivity index (χ1v) is 17.5. The number of piperazine rings is 1. The Morgan fingerprint density at radius 1 is 0.786 bits per heavy atom. The number of sulfone groups is 1. The van der Waals surface area contributed by atoms with E-state index in [2.05, 4.69) is 36.0 Å². The van der Waals surface area contributed by atoms with Crippen molar-refractivity contribution in [3.8, 4) is 11.1 Å². The first-order chi connectivity index (χ1) is 20.0. The summed E-state index contributed by atoms with van der Waals surface area (Å²) in [5.41, 5.74) is 3.94. The van der Waals surface area contributed by atoms with Crippen molar-refractivity contribution in [3.63, 3.8) is 0 Å². The molecule has 3 aliphatic rings. The third-order valence-electron chi connectivity index (χ3n) is 9.15. The highest BCUT2D eigenvalue weighted by atomic mass is 32.2. The molecule has 1 N–H and O–H groups in total. The highest BCUT2D eigenvalue weighted by Crippen LogP contribution is 2.42. The number of benzene rings is 3. The Bertz CT molecular complexity index is 1730. The molecule has 3 aromatic rings. The lowest BCUT2D eigenvalue weighted by Crippen LogP contribution is -2.48. The zero-order valence-corrected chi connectivity index (χ0v) is 25.7. The van der Waals surface area contributed by atoms with E-state index in [4.69, 9.17) is 0 Å². The van der Waals surface area contributed by atoms with E-state index in [0.717, 1.165) is 24.9 Å². The molecule has 0 unspecified atom stereocenters. The third-order valence-corrected chi connectivity index (χ3v) is 13.3. The Hall–Kier alpha value is -3.05. The first-order valence-electron chi connectivity index (χ1n) is 14.5. The van der Waals surface area contributed by atoms with Gasteiger partial charge in [-0.15, -0.1) is 0 Å². The molecule has 0 spiro atoms. The minimum Gasteiger partial charge on any atom is -0.410 e. The fraction of sp³-hybridized carbons (Fsp3) is 0.406. The standard InChI is InChI=1S/C32H37N3O5S2/c1-32(2)14-12-24(13-15-32)41(37,38)25-8-10-27-28-11-9-26(21-30(28)31(33-36)29(27)20-25)42(39,40)35-18-16-34(17-19-35)22-23-6-4-3-5-7-23/h3-11,20-21,24,36H,12-19,22H2,1-2H3/b33-31-. The predicted octanol–water partition coefficient (Wildman–Crippen LogP) is 5.14. The van der Waals surface area contributed by atoms with Crippen molar-refractivity contribution >= 4 is 25.6 Å². The van der Waals surface area contributed by atoms with E-state index in [1.54, 1.807) is 36.4 Å². The molecular weight excluding hydrogens is 571 g/mol. The van der Waals surface area contributed by atoms with E-state index >= 15 is 0 Å². The molecule has 1 saturated heterocycles. The highest BCUT2D eigenvalue weighted by molar-refractivity contribution is 7.92. The number of hydrogen-bond acceptors (Lipinski definition) is 7. The van der Waals surface area contributed by atoms with Gasteiger partial charge in [0.25, 0.3) is 0 Å². The van der Waals surface area contributed by atoms with Crippen molar-refractivity contribution in [2.45, 2.75) is 61.1 Å². The normalized spacial score (nSPS) is 20.9. The number of rotatable bonds is 6. The van der Waals surface area contributed by atoms with Crippen LogP contribution < -0.4 is 0 Å². The molecule has 2 aliphatic carbocycles. The lowest BCUT2D eigenvalue weighted by Gasteiger charge is -2.34. The molecule has 222 valence electrons. The molecule has 1 heterocycles. The minimum absolute atomic E-state index is 0.129. The topological polar surface area (TPSA) is 107 Å². The average molecular weight is 608 g/mol. The maximum atomic E-state index is 13.7. The Morgan fingerprint density at radius 3 is 1.95 bits per heavy atom. The van der Waals surface area contributed by atoms with Gasteiger partial charge in [0.2, 0.25) is 10.0 Å². The predicted molar refractivity (Wildman–Crippen MR) is 163 cm³/mol. The summed E-state index contributed by atoms with van der Waals surface area (Å²) < 4.78 is 55.9. The van der Waals surface area contributed by atoms with Gasteiger partial charge < -0.3 is 5.21 Å². The molecule has 0 aromatic heterocycles. The molecule has 0 amide bonds. The van der Waals surface area contributed by atoms with Crippen LogP contribution in [0.15, 0.2) is 81.7 Å². The highest BCUT2D eigenvalue weighted by Gasteiger charge is 2.37. The summed E-state index contributed by atoms with van der Waals surface area (Å²) in [6.45, 7) is 7.14. The average Bonchev–Trinajstić information content (AvgIpc) is 3.30. The van der Waals surface area contributed by atoms with Crippen LogP contribution in [0.25, 0.3) is 11.1 Å². The van der Waals surface area contributed by atoms with Gasteiger partial charge in [-0.1, -0.05) is 61.5 Å². The summed E-state index contributed by atoms with van der Waals surface area (Å²) in [4.78, 5) is 2.59. The van der Waals surface area contributed by atoms with Gasteiger partial charge in [-0.05, 0) is 72.1 Å². The molecule has 0 atom stereocenters. The number of oxime groups is 1. The number of hydrogen-bond donors (Lipinski definition) is 1. The molecule has 42 heavy (non-hydrogen) atoms. The molecule has 0 radical (unpaired) electrons. The van der Waals surface area contributed by atoms with Gasteiger partial charge in [0.05, 0.1) is 15.0 Å². The fourth-order valence-electron chi connectivity index (χ4n) is 6.49. The Balaban J connectivity index is 1.22. The number of nitrogens with zero attached hydrogens (tertiary/aromatic N) is 3. The van der Waals surface area contributed by atoms with Crippen molar-refractivity contribution in [2.24, 2.45) is 10.6 Å². The van der Waals surface area contributed by atoms with Crippen LogP contribution in [0.4, 0.5) is 0 Å².